The van der Waals surface area contributed by atoms with Crippen molar-refractivity contribution < 1.29 is 28.4 Å². The van der Waals surface area contributed by atoms with Gasteiger partial charge in [0.2, 0.25) is 11.7 Å². The number of hydrogen-bond acceptors (Lipinski definition) is 7. The number of methoxy groups -OCH3 is 1. The van der Waals surface area contributed by atoms with Gasteiger partial charge in [0.1, 0.15) is 10.4 Å². The second-order valence-electron chi connectivity index (χ2n) is 8.56. The maximum Gasteiger partial charge on any atom is 0.348 e. The Morgan fingerprint density at radius 3 is 2.46 bits per heavy atom. The summed E-state index contributed by atoms with van der Waals surface area (Å²) in [6.45, 7) is 1.22. The number of para-hydroxylation sites is 1. The number of thiophene rings is 1. The first-order valence-electron chi connectivity index (χ1n) is 11.6. The van der Waals surface area contributed by atoms with Crippen LogP contribution in [0, 0.1) is 15.9 Å². The number of rotatable bonds is 7. The molecule has 37 heavy (non-hydrogen) atoms. The third-order valence-electron chi connectivity index (χ3n) is 6.28. The van der Waals surface area contributed by atoms with Gasteiger partial charge in [-0.15, -0.1) is 11.3 Å². The van der Waals surface area contributed by atoms with E-state index in [0.29, 0.717) is 23.7 Å². The topological polar surface area (TPSA) is 119 Å². The minimum Gasteiger partial charge on any atom is -0.465 e. The van der Waals surface area contributed by atoms with Crippen molar-refractivity contribution in [1.29, 1.82) is 0 Å². The molecule has 2 amide bonds. The predicted octanol–water partition coefficient (Wildman–Crippen LogP) is 4.78. The molecule has 0 bridgehead atoms. The van der Waals surface area contributed by atoms with Gasteiger partial charge in [-0.3, -0.25) is 19.7 Å². The van der Waals surface area contributed by atoms with Crippen LogP contribution >= 0.6 is 11.3 Å². The Labute approximate surface area is 216 Å². The lowest BCUT2D eigenvalue weighted by Crippen LogP contribution is -2.38. The predicted molar refractivity (Wildman–Crippen MR) is 135 cm³/mol. The van der Waals surface area contributed by atoms with Gasteiger partial charge in [0.15, 0.2) is 0 Å². The summed E-state index contributed by atoms with van der Waals surface area (Å²) >= 11 is 1.26. The Bertz CT molecular complexity index is 1330. The van der Waals surface area contributed by atoms with E-state index >= 15 is 0 Å². The molecule has 2 aromatic carbocycles. The molecule has 3 aromatic rings. The van der Waals surface area contributed by atoms with E-state index in [1.54, 1.807) is 24.3 Å². The summed E-state index contributed by atoms with van der Waals surface area (Å²) in [5.41, 5.74) is 0.279. The van der Waals surface area contributed by atoms with Crippen LogP contribution < -0.4 is 5.32 Å². The van der Waals surface area contributed by atoms with Gasteiger partial charge in [-0.05, 0) is 60.7 Å². The zero-order valence-electron chi connectivity index (χ0n) is 19.9. The van der Waals surface area contributed by atoms with Crippen molar-refractivity contribution in [3.63, 3.8) is 0 Å². The van der Waals surface area contributed by atoms with Gasteiger partial charge >= 0.3 is 11.7 Å². The average molecular weight is 526 g/mol. The zero-order valence-corrected chi connectivity index (χ0v) is 20.8. The lowest BCUT2D eigenvalue weighted by Gasteiger charge is -2.32. The van der Waals surface area contributed by atoms with Crippen LogP contribution in [0.1, 0.15) is 49.2 Å². The largest absolute Gasteiger partial charge is 0.465 e. The number of carbonyl (C=O) groups is 3. The molecule has 0 spiro atoms. The van der Waals surface area contributed by atoms with Gasteiger partial charge in [-0.2, -0.15) is 4.39 Å². The SMILES string of the molecule is COC(=O)c1ccc(CC(=O)N2CCC(c3ccc(NC(=O)c4cccc(F)c4[N+](=O)[O-])cc3)CC2)s1. The maximum atomic E-state index is 13.8. The van der Waals surface area contributed by atoms with Crippen molar-refractivity contribution in [1.82, 2.24) is 4.90 Å². The highest BCUT2D eigenvalue weighted by atomic mass is 32.1. The number of benzene rings is 2. The molecule has 0 unspecified atom stereocenters. The number of esters is 1. The van der Waals surface area contributed by atoms with Gasteiger partial charge in [0.25, 0.3) is 5.91 Å². The average Bonchev–Trinajstić information content (AvgIpc) is 3.36. The molecule has 1 aliphatic rings. The highest BCUT2D eigenvalue weighted by molar-refractivity contribution is 7.14. The first kappa shape index (κ1) is 26.0. The Morgan fingerprint density at radius 2 is 1.81 bits per heavy atom. The smallest absolute Gasteiger partial charge is 0.348 e. The van der Waals surface area contributed by atoms with E-state index in [9.17, 15) is 28.9 Å². The number of nitrogens with one attached hydrogen (secondary N) is 1. The molecule has 0 radical (unpaired) electrons. The maximum absolute atomic E-state index is 13.8. The van der Waals surface area contributed by atoms with Crippen LogP contribution in [-0.2, 0) is 16.0 Å². The molecule has 11 heteroatoms. The molecule has 1 N–H and O–H groups in total. The molecule has 0 saturated carbocycles. The van der Waals surface area contributed by atoms with E-state index in [0.717, 1.165) is 29.3 Å². The van der Waals surface area contributed by atoms with Gasteiger partial charge in [-0.1, -0.05) is 18.2 Å². The highest BCUT2D eigenvalue weighted by Crippen LogP contribution is 2.30. The number of nitro benzene ring substituents is 1. The summed E-state index contributed by atoms with van der Waals surface area (Å²) in [6.07, 6.45) is 1.81. The van der Waals surface area contributed by atoms with Gasteiger partial charge in [0, 0.05) is 23.7 Å². The molecular formula is C26H24FN3O6S. The van der Waals surface area contributed by atoms with E-state index in [2.05, 4.69) is 5.32 Å². The fourth-order valence-electron chi connectivity index (χ4n) is 4.33. The van der Waals surface area contributed by atoms with Crippen LogP contribution in [0.5, 0.6) is 0 Å². The molecule has 2 heterocycles. The van der Waals surface area contributed by atoms with Gasteiger partial charge < -0.3 is 15.0 Å². The van der Waals surface area contributed by atoms with Crippen molar-refractivity contribution in [2.75, 3.05) is 25.5 Å². The van der Waals surface area contributed by atoms with Crippen LogP contribution in [0.25, 0.3) is 0 Å². The number of carbonyl (C=O) groups excluding carboxylic acids is 3. The lowest BCUT2D eigenvalue weighted by molar-refractivity contribution is -0.387. The van der Waals surface area contributed by atoms with Crippen LogP contribution in [0.3, 0.4) is 0 Å². The molecule has 1 saturated heterocycles. The third-order valence-corrected chi connectivity index (χ3v) is 7.34. The van der Waals surface area contributed by atoms with Crippen molar-refractivity contribution >= 4 is 40.5 Å². The number of nitrogens with zero attached hydrogens (tertiary/aromatic N) is 2. The molecule has 9 nitrogen and oxygen atoms in total. The molecule has 1 aromatic heterocycles. The summed E-state index contributed by atoms with van der Waals surface area (Å²) in [7, 11) is 1.32. The number of ether oxygens (including phenoxy) is 1. The Morgan fingerprint density at radius 1 is 1.11 bits per heavy atom. The van der Waals surface area contributed by atoms with Crippen molar-refractivity contribution in [2.45, 2.75) is 25.2 Å². The number of anilines is 1. The van der Waals surface area contributed by atoms with E-state index in [1.165, 1.54) is 30.6 Å². The number of nitro groups is 1. The van der Waals surface area contributed by atoms with Crippen molar-refractivity contribution in [3.05, 3.63) is 91.4 Å². The Hall–Kier alpha value is -4.12. The zero-order chi connectivity index (χ0) is 26.5. The van der Waals surface area contributed by atoms with E-state index in [4.69, 9.17) is 4.74 Å². The Balaban J connectivity index is 1.31. The van der Waals surface area contributed by atoms with Crippen LogP contribution in [0.2, 0.25) is 0 Å². The van der Waals surface area contributed by atoms with Crippen molar-refractivity contribution in [3.8, 4) is 0 Å². The first-order chi connectivity index (χ1) is 17.8. The molecular weight excluding hydrogens is 501 g/mol. The second-order valence-corrected chi connectivity index (χ2v) is 9.73. The first-order valence-corrected chi connectivity index (χ1v) is 12.4. The number of hydrogen-bond donors (Lipinski definition) is 1. The second kappa shape index (κ2) is 11.3. The lowest BCUT2D eigenvalue weighted by atomic mass is 9.89. The normalized spacial score (nSPS) is 13.7. The minimum atomic E-state index is -1.07. The molecule has 0 aliphatic carbocycles. The number of likely N-dealkylation sites (tertiary alicyclic amines) is 1. The molecule has 4 rings (SSSR count). The summed E-state index contributed by atoms with van der Waals surface area (Å²) in [5.74, 6) is -1.99. The van der Waals surface area contributed by atoms with E-state index < -0.39 is 28.3 Å². The van der Waals surface area contributed by atoms with Crippen molar-refractivity contribution in [2.24, 2.45) is 0 Å². The third kappa shape index (κ3) is 6.00. The van der Waals surface area contributed by atoms with Crippen LogP contribution in [0.4, 0.5) is 15.8 Å². The monoisotopic (exact) mass is 525 g/mol. The summed E-state index contributed by atoms with van der Waals surface area (Å²) in [5, 5.41) is 13.7. The molecule has 0 atom stereocenters. The number of halogens is 1. The van der Waals surface area contributed by atoms with Crippen LogP contribution in [0.15, 0.2) is 54.6 Å². The molecule has 1 aliphatic heterocycles. The van der Waals surface area contributed by atoms with Gasteiger partial charge in [0.05, 0.1) is 18.5 Å². The number of piperidine rings is 1. The van der Waals surface area contributed by atoms with E-state index in [1.807, 2.05) is 17.0 Å². The van der Waals surface area contributed by atoms with E-state index in [-0.39, 0.29) is 23.8 Å². The van der Waals surface area contributed by atoms with Gasteiger partial charge in [-0.25, -0.2) is 4.79 Å². The molecule has 1 fully saturated rings. The fourth-order valence-corrected chi connectivity index (χ4v) is 5.24. The summed E-state index contributed by atoms with van der Waals surface area (Å²) in [6, 6.07) is 14.0. The quantitative estimate of drug-likeness (QED) is 0.269. The standard InChI is InChI=1S/C26H24FN3O6S/c1-36-26(33)22-10-9-19(37-22)15-23(31)29-13-11-17(12-14-29)16-5-7-18(8-6-16)28-25(32)20-3-2-4-21(27)24(20)30(34)35/h2-10,17H,11-15H2,1H3,(H,28,32). The highest BCUT2D eigenvalue weighted by Gasteiger charge is 2.26. The number of amides is 2. The molecule has 192 valence electrons. The van der Waals surface area contributed by atoms with Crippen LogP contribution in [-0.4, -0.2) is 47.8 Å². The fraction of sp³-hybridized carbons (Fsp3) is 0.269. The minimum absolute atomic E-state index is 0.0150. The summed E-state index contributed by atoms with van der Waals surface area (Å²) < 4.78 is 18.5. The summed E-state index contributed by atoms with van der Waals surface area (Å²) in [4.78, 5) is 50.2. The Kier molecular flexibility index (Phi) is 7.92.